The number of anilines is 1. The molecule has 0 saturated heterocycles. The van der Waals surface area contributed by atoms with Gasteiger partial charge in [-0.05, 0) is 27.2 Å². The average molecular weight is 281 g/mol. The lowest BCUT2D eigenvalue weighted by Gasteiger charge is -2.17. The highest BCUT2D eigenvalue weighted by Gasteiger charge is 2.21. The Kier molecular flexibility index (Phi) is 6.38. The maximum Gasteiger partial charge on any atom is 0.343 e. The van der Waals surface area contributed by atoms with E-state index in [-0.39, 0.29) is 24.1 Å². The lowest BCUT2D eigenvalue weighted by atomic mass is 10.1. The molecule has 0 amide bonds. The van der Waals surface area contributed by atoms with E-state index in [2.05, 4.69) is 16.9 Å². The van der Waals surface area contributed by atoms with Crippen LogP contribution in [-0.4, -0.2) is 29.2 Å². The van der Waals surface area contributed by atoms with Gasteiger partial charge in [-0.15, -0.1) is 0 Å². The second-order valence-electron chi connectivity index (χ2n) is 4.38. The van der Waals surface area contributed by atoms with Crippen molar-refractivity contribution in [3.8, 4) is 0 Å². The van der Waals surface area contributed by atoms with E-state index in [1.807, 2.05) is 6.92 Å². The Bertz CT molecular complexity index is 434. The van der Waals surface area contributed by atoms with Crippen LogP contribution in [-0.2, 0) is 9.47 Å². The molecule has 0 spiro atoms. The third-order valence-corrected chi connectivity index (χ3v) is 2.82. The third kappa shape index (κ3) is 3.90. The summed E-state index contributed by atoms with van der Waals surface area (Å²) in [6.45, 7) is 8.32. The second-order valence-corrected chi connectivity index (χ2v) is 4.38. The molecule has 0 radical (unpaired) electrons. The second kappa shape index (κ2) is 7.79. The molecule has 0 aromatic carbocycles. The molecule has 112 valence electrons. The van der Waals surface area contributed by atoms with Crippen molar-refractivity contribution in [2.45, 2.75) is 46.6 Å². The molecule has 1 unspecified atom stereocenters. The van der Waals surface area contributed by atoms with Crippen LogP contribution in [0.1, 0.15) is 61.6 Å². The van der Waals surface area contributed by atoms with E-state index >= 15 is 0 Å². The summed E-state index contributed by atoms with van der Waals surface area (Å²) < 4.78 is 10.6. The van der Waals surface area contributed by atoms with E-state index in [1.54, 1.807) is 13.8 Å². The fraction of sp³-hybridized carbons (Fsp3) is 0.643. The maximum atomic E-state index is 11.8. The predicted octanol–water partition coefficient (Wildman–Crippen LogP) is 2.42. The standard InChI is InChI=1S/C14H23N3O3/c1-5-8-10(19-6-2)13-16-9(4)11(12(15)17-13)14(18)20-7-3/h10H,5-8H2,1-4H3,(H2,15,16,17). The quantitative estimate of drug-likeness (QED) is 0.772. The minimum Gasteiger partial charge on any atom is -0.462 e. The van der Waals surface area contributed by atoms with Crippen molar-refractivity contribution in [3.63, 3.8) is 0 Å². The van der Waals surface area contributed by atoms with Crippen LogP contribution in [0.25, 0.3) is 0 Å². The van der Waals surface area contributed by atoms with Crippen LogP contribution in [0, 0.1) is 6.92 Å². The number of hydrogen-bond donors (Lipinski definition) is 1. The van der Waals surface area contributed by atoms with Crippen molar-refractivity contribution in [1.82, 2.24) is 9.97 Å². The van der Waals surface area contributed by atoms with Crippen LogP contribution in [0.4, 0.5) is 5.82 Å². The smallest absolute Gasteiger partial charge is 0.343 e. The summed E-state index contributed by atoms with van der Waals surface area (Å²) in [6.07, 6.45) is 1.57. The summed E-state index contributed by atoms with van der Waals surface area (Å²) in [5, 5.41) is 0. The highest BCUT2D eigenvalue weighted by atomic mass is 16.5. The first-order valence-corrected chi connectivity index (χ1v) is 6.97. The molecule has 0 aliphatic rings. The van der Waals surface area contributed by atoms with Crippen LogP contribution in [0.15, 0.2) is 0 Å². The number of esters is 1. The molecule has 0 aliphatic carbocycles. The Labute approximate surface area is 119 Å². The third-order valence-electron chi connectivity index (χ3n) is 2.82. The van der Waals surface area contributed by atoms with Gasteiger partial charge in [-0.25, -0.2) is 14.8 Å². The number of rotatable bonds is 7. The first-order valence-electron chi connectivity index (χ1n) is 6.97. The van der Waals surface area contributed by atoms with E-state index in [9.17, 15) is 4.79 Å². The van der Waals surface area contributed by atoms with Crippen LogP contribution in [0.3, 0.4) is 0 Å². The minimum atomic E-state index is -0.488. The molecular formula is C14H23N3O3. The van der Waals surface area contributed by atoms with Gasteiger partial charge in [0.05, 0.1) is 12.3 Å². The fourth-order valence-electron chi connectivity index (χ4n) is 1.97. The van der Waals surface area contributed by atoms with E-state index in [0.29, 0.717) is 18.1 Å². The molecular weight excluding hydrogens is 258 g/mol. The lowest BCUT2D eigenvalue weighted by molar-refractivity contribution is 0.0482. The van der Waals surface area contributed by atoms with Gasteiger partial charge < -0.3 is 15.2 Å². The number of nitrogen functional groups attached to an aromatic ring is 1. The van der Waals surface area contributed by atoms with Gasteiger partial charge >= 0.3 is 5.97 Å². The molecule has 0 aliphatic heterocycles. The van der Waals surface area contributed by atoms with Gasteiger partial charge in [0.1, 0.15) is 17.5 Å². The summed E-state index contributed by atoms with van der Waals surface area (Å²) in [6, 6.07) is 0. The fourth-order valence-corrected chi connectivity index (χ4v) is 1.97. The highest BCUT2D eigenvalue weighted by molar-refractivity contribution is 5.95. The van der Waals surface area contributed by atoms with E-state index < -0.39 is 5.97 Å². The number of hydrogen-bond acceptors (Lipinski definition) is 6. The number of aryl methyl sites for hydroxylation is 1. The number of aromatic nitrogens is 2. The molecule has 1 aromatic heterocycles. The van der Waals surface area contributed by atoms with Crippen LogP contribution < -0.4 is 5.73 Å². The molecule has 1 atom stereocenters. The number of nitrogens with zero attached hydrogens (tertiary/aromatic N) is 2. The molecule has 0 bridgehead atoms. The first kappa shape index (κ1) is 16.4. The van der Waals surface area contributed by atoms with Gasteiger partial charge in [0, 0.05) is 6.61 Å². The molecule has 20 heavy (non-hydrogen) atoms. The van der Waals surface area contributed by atoms with Gasteiger partial charge in [0.2, 0.25) is 0 Å². The number of ether oxygens (including phenoxy) is 2. The van der Waals surface area contributed by atoms with Gasteiger partial charge in [-0.3, -0.25) is 0 Å². The normalized spacial score (nSPS) is 12.2. The van der Waals surface area contributed by atoms with Crippen molar-refractivity contribution in [2.24, 2.45) is 0 Å². The largest absolute Gasteiger partial charge is 0.462 e. The molecule has 1 rings (SSSR count). The molecule has 6 heteroatoms. The molecule has 0 saturated carbocycles. The van der Waals surface area contributed by atoms with Gasteiger partial charge in [-0.1, -0.05) is 13.3 Å². The number of carbonyl (C=O) groups excluding carboxylic acids is 1. The average Bonchev–Trinajstić information content (AvgIpc) is 2.38. The number of carbonyl (C=O) groups is 1. The Morgan fingerprint density at radius 2 is 1.95 bits per heavy atom. The monoisotopic (exact) mass is 281 g/mol. The molecule has 1 aromatic rings. The zero-order valence-corrected chi connectivity index (χ0v) is 12.6. The van der Waals surface area contributed by atoms with Crippen LogP contribution >= 0.6 is 0 Å². The Morgan fingerprint density at radius 3 is 2.45 bits per heavy atom. The van der Waals surface area contributed by atoms with E-state index in [4.69, 9.17) is 15.2 Å². The van der Waals surface area contributed by atoms with Gasteiger partial charge in [0.25, 0.3) is 0 Å². The summed E-state index contributed by atoms with van der Waals surface area (Å²) in [5.41, 5.74) is 6.63. The zero-order valence-electron chi connectivity index (χ0n) is 12.6. The topological polar surface area (TPSA) is 87.3 Å². The van der Waals surface area contributed by atoms with Crippen molar-refractivity contribution < 1.29 is 14.3 Å². The zero-order chi connectivity index (χ0) is 15.1. The van der Waals surface area contributed by atoms with Gasteiger partial charge in [0.15, 0.2) is 5.82 Å². The first-order chi connectivity index (χ1) is 9.54. The number of nitrogens with two attached hydrogens (primary N) is 1. The van der Waals surface area contributed by atoms with Crippen LogP contribution in [0.5, 0.6) is 0 Å². The molecule has 1 heterocycles. The summed E-state index contributed by atoms with van der Waals surface area (Å²) in [4.78, 5) is 20.4. The Hall–Kier alpha value is -1.69. The SMILES string of the molecule is CCCC(OCC)c1nc(C)c(C(=O)OCC)c(N)n1. The molecule has 0 fully saturated rings. The summed E-state index contributed by atoms with van der Waals surface area (Å²) in [5.74, 6) is 0.181. The van der Waals surface area contributed by atoms with Crippen LogP contribution in [0.2, 0.25) is 0 Å². The Balaban J connectivity index is 3.11. The van der Waals surface area contributed by atoms with Crippen molar-refractivity contribution in [2.75, 3.05) is 18.9 Å². The summed E-state index contributed by atoms with van der Waals surface area (Å²) in [7, 11) is 0. The van der Waals surface area contributed by atoms with Gasteiger partial charge in [-0.2, -0.15) is 0 Å². The van der Waals surface area contributed by atoms with Crippen molar-refractivity contribution >= 4 is 11.8 Å². The maximum absolute atomic E-state index is 11.8. The minimum absolute atomic E-state index is 0.145. The highest BCUT2D eigenvalue weighted by Crippen LogP contribution is 2.23. The lowest BCUT2D eigenvalue weighted by Crippen LogP contribution is -2.17. The molecule has 2 N–H and O–H groups in total. The van der Waals surface area contributed by atoms with E-state index in [0.717, 1.165) is 12.8 Å². The molecule has 6 nitrogen and oxygen atoms in total. The van der Waals surface area contributed by atoms with E-state index in [1.165, 1.54) is 0 Å². The predicted molar refractivity (Wildman–Crippen MR) is 76.4 cm³/mol. The summed E-state index contributed by atoms with van der Waals surface area (Å²) >= 11 is 0. The Morgan fingerprint density at radius 1 is 1.25 bits per heavy atom. The van der Waals surface area contributed by atoms with Crippen molar-refractivity contribution in [1.29, 1.82) is 0 Å². The van der Waals surface area contributed by atoms with Crippen molar-refractivity contribution in [3.05, 3.63) is 17.1 Å².